The van der Waals surface area contributed by atoms with Crippen LogP contribution in [0.5, 0.6) is 0 Å². The van der Waals surface area contributed by atoms with Crippen LogP contribution in [0.3, 0.4) is 0 Å². The molecule has 0 radical (unpaired) electrons. The fourth-order valence-corrected chi connectivity index (χ4v) is 2.05. The zero-order chi connectivity index (χ0) is 13.8. The molecule has 0 amide bonds. The van der Waals surface area contributed by atoms with Gasteiger partial charge >= 0.3 is 0 Å². The van der Waals surface area contributed by atoms with Gasteiger partial charge in [-0.25, -0.2) is 9.37 Å². The molecule has 100 valence electrons. The van der Waals surface area contributed by atoms with Crippen LogP contribution in [-0.4, -0.2) is 19.1 Å². The lowest BCUT2D eigenvalue weighted by molar-refractivity contribution is 0.627. The average molecular weight is 259 g/mol. The molecule has 19 heavy (non-hydrogen) atoms. The van der Waals surface area contributed by atoms with E-state index in [4.69, 9.17) is 0 Å². The smallest absolute Gasteiger partial charge is 0.146 e. The second-order valence-electron chi connectivity index (χ2n) is 4.52. The Morgan fingerprint density at radius 1 is 1.26 bits per heavy atom. The van der Waals surface area contributed by atoms with E-state index in [-0.39, 0.29) is 5.82 Å². The lowest BCUT2D eigenvalue weighted by Crippen LogP contribution is -2.14. The second kappa shape index (κ2) is 5.80. The maximum Gasteiger partial charge on any atom is 0.146 e. The van der Waals surface area contributed by atoms with Crippen molar-refractivity contribution in [2.45, 2.75) is 13.5 Å². The fraction of sp³-hybridized carbons (Fsp3) is 0.267. The third kappa shape index (κ3) is 3.09. The van der Waals surface area contributed by atoms with Gasteiger partial charge in [-0.05, 0) is 43.8 Å². The van der Waals surface area contributed by atoms with Crippen molar-refractivity contribution in [1.82, 2.24) is 10.3 Å². The van der Waals surface area contributed by atoms with Gasteiger partial charge in [0.05, 0.1) is 5.69 Å². The number of benzene rings is 1. The van der Waals surface area contributed by atoms with Crippen LogP contribution in [0.15, 0.2) is 36.4 Å². The van der Waals surface area contributed by atoms with Gasteiger partial charge in [0.25, 0.3) is 0 Å². The molecule has 1 N–H and O–H groups in total. The highest BCUT2D eigenvalue weighted by Crippen LogP contribution is 2.25. The zero-order valence-electron chi connectivity index (χ0n) is 11.4. The van der Waals surface area contributed by atoms with Crippen LogP contribution in [0.2, 0.25) is 0 Å². The first kappa shape index (κ1) is 13.5. The summed E-state index contributed by atoms with van der Waals surface area (Å²) in [6.07, 6.45) is 0. The molecule has 0 aliphatic rings. The number of aromatic nitrogens is 1. The van der Waals surface area contributed by atoms with E-state index in [1.807, 2.05) is 39.2 Å². The van der Waals surface area contributed by atoms with E-state index < -0.39 is 0 Å². The summed E-state index contributed by atoms with van der Waals surface area (Å²) in [5, 5.41) is 3.11. The molecular weight excluding hydrogens is 241 g/mol. The van der Waals surface area contributed by atoms with E-state index in [1.54, 1.807) is 17.0 Å². The maximum atomic E-state index is 13.8. The molecule has 1 heterocycles. The Labute approximate surface area is 113 Å². The highest BCUT2D eigenvalue weighted by atomic mass is 19.1. The van der Waals surface area contributed by atoms with Gasteiger partial charge in [0.1, 0.15) is 11.6 Å². The number of anilines is 2. The molecule has 0 bridgehead atoms. The third-order valence-electron chi connectivity index (χ3n) is 2.94. The molecule has 3 nitrogen and oxygen atoms in total. The molecule has 1 aromatic carbocycles. The summed E-state index contributed by atoms with van der Waals surface area (Å²) in [4.78, 5) is 6.23. The molecule has 0 fully saturated rings. The van der Waals surface area contributed by atoms with E-state index >= 15 is 0 Å². The topological polar surface area (TPSA) is 28.2 Å². The van der Waals surface area contributed by atoms with Crippen LogP contribution in [0.4, 0.5) is 15.9 Å². The molecule has 0 atom stereocenters. The summed E-state index contributed by atoms with van der Waals surface area (Å²) in [6.45, 7) is 2.71. The highest BCUT2D eigenvalue weighted by Gasteiger charge is 2.11. The Morgan fingerprint density at radius 3 is 2.68 bits per heavy atom. The molecule has 2 aromatic rings. The quantitative estimate of drug-likeness (QED) is 0.914. The number of hydrogen-bond acceptors (Lipinski definition) is 3. The summed E-state index contributed by atoms with van der Waals surface area (Å²) in [7, 11) is 3.72. The first-order chi connectivity index (χ1) is 9.11. The maximum absolute atomic E-state index is 13.8. The van der Waals surface area contributed by atoms with E-state index in [1.165, 1.54) is 6.07 Å². The van der Waals surface area contributed by atoms with E-state index in [9.17, 15) is 4.39 Å². The molecule has 0 spiro atoms. The molecule has 0 aliphatic carbocycles. The van der Waals surface area contributed by atoms with Crippen molar-refractivity contribution in [1.29, 1.82) is 0 Å². The van der Waals surface area contributed by atoms with Crippen molar-refractivity contribution in [3.05, 3.63) is 53.5 Å². The predicted octanol–water partition coefficient (Wildman–Crippen LogP) is 3.02. The Bertz CT molecular complexity index is 569. The molecule has 0 unspecified atom stereocenters. The van der Waals surface area contributed by atoms with Crippen LogP contribution in [0, 0.1) is 12.7 Å². The van der Waals surface area contributed by atoms with E-state index in [2.05, 4.69) is 10.3 Å². The van der Waals surface area contributed by atoms with Gasteiger partial charge in [0, 0.05) is 19.3 Å². The van der Waals surface area contributed by atoms with Crippen LogP contribution < -0.4 is 10.2 Å². The van der Waals surface area contributed by atoms with Gasteiger partial charge in [-0.1, -0.05) is 12.1 Å². The van der Waals surface area contributed by atoms with E-state index in [0.717, 1.165) is 23.6 Å². The van der Waals surface area contributed by atoms with Crippen molar-refractivity contribution >= 4 is 11.5 Å². The van der Waals surface area contributed by atoms with Crippen molar-refractivity contribution in [2.24, 2.45) is 0 Å². The number of hydrogen-bond donors (Lipinski definition) is 1. The second-order valence-corrected chi connectivity index (χ2v) is 4.52. The standard InChI is InChI=1S/C15H18FN3/c1-11-8-12(10-17-2)9-15(18-11)19(3)14-7-5-4-6-13(14)16/h4-9,17H,10H2,1-3H3. The SMILES string of the molecule is CNCc1cc(C)nc(N(C)c2ccccc2F)c1. The minimum atomic E-state index is -0.247. The predicted molar refractivity (Wildman–Crippen MR) is 76.2 cm³/mol. The molecule has 1 aromatic heterocycles. The first-order valence-corrected chi connectivity index (χ1v) is 6.22. The largest absolute Gasteiger partial charge is 0.327 e. The van der Waals surface area contributed by atoms with Crippen LogP contribution in [0.25, 0.3) is 0 Å². The average Bonchev–Trinajstić information content (AvgIpc) is 2.38. The van der Waals surface area contributed by atoms with Gasteiger partial charge in [-0.3, -0.25) is 0 Å². The third-order valence-corrected chi connectivity index (χ3v) is 2.94. The number of nitrogens with one attached hydrogen (secondary N) is 1. The number of para-hydroxylation sites is 1. The number of halogens is 1. The number of rotatable bonds is 4. The van der Waals surface area contributed by atoms with Crippen molar-refractivity contribution in [3.63, 3.8) is 0 Å². The normalized spacial score (nSPS) is 10.5. The summed E-state index contributed by atoms with van der Waals surface area (Å²) in [6, 6.07) is 10.7. The Balaban J connectivity index is 2.38. The zero-order valence-corrected chi connectivity index (χ0v) is 11.4. The van der Waals surface area contributed by atoms with Crippen LogP contribution in [-0.2, 0) is 6.54 Å². The van der Waals surface area contributed by atoms with Crippen molar-refractivity contribution in [3.8, 4) is 0 Å². The monoisotopic (exact) mass is 259 g/mol. The Hall–Kier alpha value is -1.94. The van der Waals surface area contributed by atoms with Crippen molar-refractivity contribution in [2.75, 3.05) is 19.0 Å². The summed E-state index contributed by atoms with van der Waals surface area (Å²) >= 11 is 0. The number of pyridine rings is 1. The van der Waals surface area contributed by atoms with Gasteiger partial charge in [0.2, 0.25) is 0 Å². The Kier molecular flexibility index (Phi) is 4.12. The van der Waals surface area contributed by atoms with Gasteiger partial charge < -0.3 is 10.2 Å². The van der Waals surface area contributed by atoms with Crippen LogP contribution in [0.1, 0.15) is 11.3 Å². The molecular formula is C15H18FN3. The molecule has 0 saturated heterocycles. The van der Waals surface area contributed by atoms with Gasteiger partial charge in [0.15, 0.2) is 0 Å². The molecule has 2 rings (SSSR count). The highest BCUT2D eigenvalue weighted by molar-refractivity contribution is 5.60. The molecule has 0 saturated carbocycles. The van der Waals surface area contributed by atoms with Crippen molar-refractivity contribution < 1.29 is 4.39 Å². The summed E-state index contributed by atoms with van der Waals surface area (Å²) in [5.41, 5.74) is 2.58. The number of nitrogens with zero attached hydrogens (tertiary/aromatic N) is 2. The summed E-state index contributed by atoms with van der Waals surface area (Å²) in [5.74, 6) is 0.499. The van der Waals surface area contributed by atoms with Gasteiger partial charge in [-0.2, -0.15) is 0 Å². The summed E-state index contributed by atoms with van der Waals surface area (Å²) < 4.78 is 13.8. The van der Waals surface area contributed by atoms with Gasteiger partial charge in [-0.15, -0.1) is 0 Å². The minimum Gasteiger partial charge on any atom is -0.327 e. The molecule has 0 aliphatic heterocycles. The number of aryl methyl sites for hydroxylation is 1. The van der Waals surface area contributed by atoms with E-state index in [0.29, 0.717) is 5.69 Å². The molecule has 4 heteroatoms. The van der Waals surface area contributed by atoms with Crippen LogP contribution >= 0.6 is 0 Å². The lowest BCUT2D eigenvalue weighted by Gasteiger charge is -2.20. The first-order valence-electron chi connectivity index (χ1n) is 6.22. The fourth-order valence-electron chi connectivity index (χ4n) is 2.05. The lowest BCUT2D eigenvalue weighted by atomic mass is 10.2. The minimum absolute atomic E-state index is 0.247. The Morgan fingerprint density at radius 2 is 2.00 bits per heavy atom.